The van der Waals surface area contributed by atoms with Gasteiger partial charge in [0.15, 0.2) is 0 Å². The van der Waals surface area contributed by atoms with Gasteiger partial charge in [-0.3, -0.25) is 4.79 Å². The lowest BCUT2D eigenvalue weighted by Gasteiger charge is -2.04. The van der Waals surface area contributed by atoms with E-state index in [0.717, 1.165) is 5.56 Å². The molecule has 0 radical (unpaired) electrons. The van der Waals surface area contributed by atoms with E-state index in [1.807, 2.05) is 30.3 Å². The van der Waals surface area contributed by atoms with Gasteiger partial charge in [-0.2, -0.15) is 5.10 Å². The Bertz CT molecular complexity index is 916. The molecule has 1 heterocycles. The minimum atomic E-state index is -0.418. The average molecular weight is 337 g/mol. The van der Waals surface area contributed by atoms with E-state index in [2.05, 4.69) is 15.7 Å². The Hall–Kier alpha value is -3.28. The Morgan fingerprint density at radius 1 is 1.12 bits per heavy atom. The maximum Gasteiger partial charge on any atom is 0.277 e. The molecular weight excluding hydrogens is 321 g/mol. The van der Waals surface area contributed by atoms with E-state index < -0.39 is 5.91 Å². The fourth-order valence-corrected chi connectivity index (χ4v) is 2.38. The van der Waals surface area contributed by atoms with Crippen molar-refractivity contribution in [1.82, 2.24) is 10.6 Å². The van der Waals surface area contributed by atoms with Gasteiger partial charge >= 0.3 is 0 Å². The van der Waals surface area contributed by atoms with Crippen LogP contribution in [0.1, 0.15) is 28.6 Å². The summed E-state index contributed by atoms with van der Waals surface area (Å²) in [4.78, 5) is 12.5. The van der Waals surface area contributed by atoms with Crippen LogP contribution in [0.2, 0.25) is 0 Å². The fourth-order valence-electron chi connectivity index (χ4n) is 2.38. The minimum Gasteiger partial charge on any atom is -0.360 e. The Balaban J connectivity index is 1.83. The molecule has 2 aromatic carbocycles. The molecule has 0 bridgehead atoms. The summed E-state index contributed by atoms with van der Waals surface area (Å²) in [6.45, 7) is 3.40. The first-order valence-corrected chi connectivity index (χ1v) is 7.68. The van der Waals surface area contributed by atoms with Crippen molar-refractivity contribution >= 4 is 11.6 Å². The lowest BCUT2D eigenvalue weighted by molar-refractivity contribution is 0.0954. The number of aromatic nitrogens is 1. The van der Waals surface area contributed by atoms with Gasteiger partial charge in [-0.25, -0.2) is 9.82 Å². The molecule has 0 fully saturated rings. The Labute approximate surface area is 144 Å². The topological polar surface area (TPSA) is 67.5 Å². The molecule has 3 aromatic rings. The third-order valence-corrected chi connectivity index (χ3v) is 3.72. The molecule has 25 heavy (non-hydrogen) atoms. The van der Waals surface area contributed by atoms with Gasteiger partial charge in [-0.05, 0) is 31.5 Å². The van der Waals surface area contributed by atoms with Crippen LogP contribution in [0.3, 0.4) is 0 Å². The smallest absolute Gasteiger partial charge is 0.277 e. The lowest BCUT2D eigenvalue weighted by Crippen LogP contribution is -2.20. The highest BCUT2D eigenvalue weighted by molar-refractivity contribution is 6.03. The number of amides is 1. The highest BCUT2D eigenvalue weighted by atomic mass is 19.1. The molecule has 126 valence electrons. The first kappa shape index (κ1) is 16.6. The molecule has 0 atom stereocenters. The monoisotopic (exact) mass is 337 g/mol. The normalized spacial score (nSPS) is 11.4. The number of nitrogens with zero attached hydrogens (tertiary/aromatic N) is 2. The number of nitrogens with one attached hydrogen (secondary N) is 1. The van der Waals surface area contributed by atoms with Crippen molar-refractivity contribution in [1.29, 1.82) is 0 Å². The first-order valence-electron chi connectivity index (χ1n) is 7.68. The van der Waals surface area contributed by atoms with E-state index in [1.165, 1.54) is 12.1 Å². The summed E-state index contributed by atoms with van der Waals surface area (Å²) < 4.78 is 18.1. The van der Waals surface area contributed by atoms with Gasteiger partial charge < -0.3 is 4.52 Å². The molecule has 5 nitrogen and oxygen atoms in total. The van der Waals surface area contributed by atoms with Crippen molar-refractivity contribution in [3.05, 3.63) is 77.3 Å². The van der Waals surface area contributed by atoms with Crippen LogP contribution in [0.5, 0.6) is 0 Å². The van der Waals surface area contributed by atoms with Gasteiger partial charge in [0.2, 0.25) is 0 Å². The number of hydrogen-bond acceptors (Lipinski definition) is 4. The molecular formula is C19H16FN3O2. The number of rotatable bonds is 4. The number of carbonyl (C=O) groups is 1. The number of halogens is 1. The first-order chi connectivity index (χ1) is 12.1. The largest absolute Gasteiger partial charge is 0.360 e. The molecule has 0 saturated carbocycles. The highest BCUT2D eigenvalue weighted by Gasteiger charge is 2.21. The molecule has 0 aliphatic rings. The summed E-state index contributed by atoms with van der Waals surface area (Å²) >= 11 is 0. The van der Waals surface area contributed by atoms with Crippen LogP contribution in [0, 0.1) is 12.7 Å². The van der Waals surface area contributed by atoms with E-state index in [-0.39, 0.29) is 5.82 Å². The summed E-state index contributed by atoms with van der Waals surface area (Å²) in [5.41, 5.74) is 5.36. The van der Waals surface area contributed by atoms with Gasteiger partial charge in [-0.15, -0.1) is 0 Å². The Kier molecular flexibility index (Phi) is 4.70. The summed E-state index contributed by atoms with van der Waals surface area (Å²) in [6, 6.07) is 15.2. The number of hydrogen-bond donors (Lipinski definition) is 1. The van der Waals surface area contributed by atoms with Gasteiger partial charge in [0.1, 0.15) is 22.8 Å². The summed E-state index contributed by atoms with van der Waals surface area (Å²) in [5.74, 6) is -0.335. The van der Waals surface area contributed by atoms with Crippen molar-refractivity contribution in [2.24, 2.45) is 5.10 Å². The number of carbonyl (C=O) groups excluding carboxylic acids is 1. The van der Waals surface area contributed by atoms with Gasteiger partial charge in [0.05, 0.1) is 5.71 Å². The second-order valence-electron chi connectivity index (χ2n) is 5.47. The summed E-state index contributed by atoms with van der Waals surface area (Å²) in [7, 11) is 0. The molecule has 1 aromatic heterocycles. The van der Waals surface area contributed by atoms with Crippen LogP contribution in [0.25, 0.3) is 11.3 Å². The number of hydrazone groups is 1. The summed E-state index contributed by atoms with van der Waals surface area (Å²) in [5, 5.41) is 8.06. The van der Waals surface area contributed by atoms with Crippen LogP contribution >= 0.6 is 0 Å². The van der Waals surface area contributed by atoms with Crippen molar-refractivity contribution in [3.8, 4) is 11.3 Å². The van der Waals surface area contributed by atoms with Crippen molar-refractivity contribution in [2.75, 3.05) is 0 Å². The molecule has 0 aliphatic heterocycles. The molecule has 1 amide bonds. The molecule has 0 aliphatic carbocycles. The molecule has 0 saturated heterocycles. The zero-order chi connectivity index (χ0) is 17.8. The molecule has 1 N–H and O–H groups in total. The minimum absolute atomic E-state index is 0.326. The quantitative estimate of drug-likeness (QED) is 0.579. The molecule has 0 unspecified atom stereocenters. The van der Waals surface area contributed by atoms with E-state index in [9.17, 15) is 9.18 Å². The van der Waals surface area contributed by atoms with Crippen LogP contribution in [0.4, 0.5) is 4.39 Å². The predicted octanol–water partition coefficient (Wildman–Crippen LogP) is 3.94. The van der Waals surface area contributed by atoms with Crippen LogP contribution in [-0.2, 0) is 0 Å². The van der Waals surface area contributed by atoms with E-state index >= 15 is 0 Å². The fraction of sp³-hybridized carbons (Fsp3) is 0.105. The summed E-state index contributed by atoms with van der Waals surface area (Å²) in [6.07, 6.45) is 0. The highest BCUT2D eigenvalue weighted by Crippen LogP contribution is 2.24. The van der Waals surface area contributed by atoms with Crippen LogP contribution in [-0.4, -0.2) is 16.8 Å². The van der Waals surface area contributed by atoms with Crippen LogP contribution < -0.4 is 5.43 Å². The molecule has 0 spiro atoms. The van der Waals surface area contributed by atoms with E-state index in [4.69, 9.17) is 4.52 Å². The second kappa shape index (κ2) is 7.09. The van der Waals surface area contributed by atoms with E-state index in [1.54, 1.807) is 26.0 Å². The maximum atomic E-state index is 13.0. The Morgan fingerprint density at radius 2 is 1.80 bits per heavy atom. The van der Waals surface area contributed by atoms with Crippen molar-refractivity contribution in [3.63, 3.8) is 0 Å². The maximum absolute atomic E-state index is 13.0. The van der Waals surface area contributed by atoms with E-state index in [0.29, 0.717) is 28.3 Å². The third-order valence-electron chi connectivity index (χ3n) is 3.72. The second-order valence-corrected chi connectivity index (χ2v) is 5.47. The SMILES string of the molecule is CC(=NNC(=O)c1c(-c2ccccc2)noc1C)c1ccc(F)cc1. The average Bonchev–Trinajstić information content (AvgIpc) is 3.02. The number of benzene rings is 2. The van der Waals surface area contributed by atoms with Crippen molar-refractivity contribution in [2.45, 2.75) is 13.8 Å². The number of aryl methyl sites for hydroxylation is 1. The standard InChI is InChI=1S/C19H16FN3O2/c1-12(14-8-10-16(20)11-9-14)21-22-19(24)17-13(2)25-23-18(17)15-6-4-3-5-7-15/h3-11H,1-2H3,(H,22,24). The third kappa shape index (κ3) is 3.63. The zero-order valence-corrected chi connectivity index (χ0v) is 13.8. The van der Waals surface area contributed by atoms with Gasteiger partial charge in [0.25, 0.3) is 5.91 Å². The molecule has 3 rings (SSSR count). The van der Waals surface area contributed by atoms with Crippen molar-refractivity contribution < 1.29 is 13.7 Å². The van der Waals surface area contributed by atoms with Gasteiger partial charge in [0, 0.05) is 5.56 Å². The lowest BCUT2D eigenvalue weighted by atomic mass is 10.1. The van der Waals surface area contributed by atoms with Crippen LogP contribution in [0.15, 0.2) is 64.2 Å². The van der Waals surface area contributed by atoms with Gasteiger partial charge in [-0.1, -0.05) is 47.6 Å². The molecule has 6 heteroatoms. The Morgan fingerprint density at radius 3 is 2.48 bits per heavy atom. The predicted molar refractivity (Wildman–Crippen MR) is 92.8 cm³/mol. The zero-order valence-electron chi connectivity index (χ0n) is 13.8.